The second-order valence-electron chi connectivity index (χ2n) is 5.22. The average molecular weight is 194 g/mol. The van der Waals surface area contributed by atoms with E-state index in [-0.39, 0.29) is 0 Å². The third-order valence-electron chi connectivity index (χ3n) is 3.44. The first kappa shape index (κ1) is 10.2. The van der Waals surface area contributed by atoms with Crippen molar-refractivity contribution in [2.75, 3.05) is 0 Å². The Morgan fingerprint density at radius 1 is 1.29 bits per heavy atom. The van der Waals surface area contributed by atoms with Crippen molar-refractivity contribution >= 4 is 0 Å². The fourth-order valence-corrected chi connectivity index (χ4v) is 2.46. The summed E-state index contributed by atoms with van der Waals surface area (Å²) in [7, 11) is 0. The molecular weight excluding hydrogens is 172 g/mol. The molecule has 1 heterocycles. The molecule has 0 bridgehead atoms. The Kier molecular flexibility index (Phi) is 2.96. The lowest BCUT2D eigenvalue weighted by Crippen LogP contribution is -2.18. The molecule has 1 heteroatoms. The molecule has 80 valence electrons. The van der Waals surface area contributed by atoms with Gasteiger partial charge in [-0.1, -0.05) is 45.3 Å². The summed E-state index contributed by atoms with van der Waals surface area (Å²) < 4.78 is 5.84. The molecule has 1 unspecified atom stereocenters. The van der Waals surface area contributed by atoms with Crippen LogP contribution in [0.15, 0.2) is 12.2 Å². The van der Waals surface area contributed by atoms with Gasteiger partial charge in [0, 0.05) is 0 Å². The van der Waals surface area contributed by atoms with Crippen LogP contribution in [-0.4, -0.2) is 11.7 Å². The molecular formula is C13H22O. The SMILES string of the molecule is CC(C)C/C=C/C1OC12CCCCC2. The molecule has 0 amide bonds. The Morgan fingerprint density at radius 3 is 2.64 bits per heavy atom. The van der Waals surface area contributed by atoms with Crippen LogP contribution in [0.2, 0.25) is 0 Å². The summed E-state index contributed by atoms with van der Waals surface area (Å²) in [4.78, 5) is 0. The van der Waals surface area contributed by atoms with Crippen molar-refractivity contribution in [1.29, 1.82) is 0 Å². The molecule has 1 atom stereocenters. The molecule has 0 aromatic heterocycles. The van der Waals surface area contributed by atoms with Crippen LogP contribution in [0.1, 0.15) is 52.4 Å². The molecule has 1 saturated carbocycles. The van der Waals surface area contributed by atoms with E-state index in [9.17, 15) is 0 Å². The molecule has 2 rings (SSSR count). The van der Waals surface area contributed by atoms with Crippen molar-refractivity contribution in [1.82, 2.24) is 0 Å². The van der Waals surface area contributed by atoms with Gasteiger partial charge in [-0.2, -0.15) is 0 Å². The molecule has 1 aliphatic carbocycles. The van der Waals surface area contributed by atoms with Gasteiger partial charge in [-0.3, -0.25) is 0 Å². The van der Waals surface area contributed by atoms with Crippen LogP contribution in [0.5, 0.6) is 0 Å². The van der Waals surface area contributed by atoms with Gasteiger partial charge >= 0.3 is 0 Å². The highest BCUT2D eigenvalue weighted by Crippen LogP contribution is 2.48. The maximum Gasteiger partial charge on any atom is 0.105 e. The molecule has 2 fully saturated rings. The minimum Gasteiger partial charge on any atom is -0.362 e. The van der Waals surface area contributed by atoms with E-state index in [0.717, 1.165) is 5.92 Å². The highest BCUT2D eigenvalue weighted by Gasteiger charge is 2.54. The summed E-state index contributed by atoms with van der Waals surface area (Å²) in [5, 5.41) is 0. The normalized spacial score (nSPS) is 30.4. The van der Waals surface area contributed by atoms with Gasteiger partial charge in [0.05, 0.1) is 5.60 Å². The summed E-state index contributed by atoms with van der Waals surface area (Å²) >= 11 is 0. The first-order chi connectivity index (χ1) is 6.73. The summed E-state index contributed by atoms with van der Waals surface area (Å²) in [6.07, 6.45) is 13.0. The van der Waals surface area contributed by atoms with E-state index in [1.165, 1.54) is 38.5 Å². The van der Waals surface area contributed by atoms with Crippen LogP contribution >= 0.6 is 0 Å². The molecule has 0 aromatic carbocycles. The number of epoxide rings is 1. The summed E-state index contributed by atoms with van der Waals surface area (Å²) in [5.41, 5.74) is 0.297. The number of allylic oxidation sites excluding steroid dienone is 1. The summed E-state index contributed by atoms with van der Waals surface area (Å²) in [5.74, 6) is 0.771. The first-order valence-electron chi connectivity index (χ1n) is 6.07. The van der Waals surface area contributed by atoms with E-state index in [1.807, 2.05) is 0 Å². The Hall–Kier alpha value is -0.300. The van der Waals surface area contributed by atoms with E-state index in [2.05, 4.69) is 26.0 Å². The van der Waals surface area contributed by atoms with E-state index < -0.39 is 0 Å². The van der Waals surface area contributed by atoms with Crippen molar-refractivity contribution < 1.29 is 4.74 Å². The van der Waals surface area contributed by atoms with Gasteiger partial charge in [0.1, 0.15) is 6.10 Å². The van der Waals surface area contributed by atoms with E-state index in [0.29, 0.717) is 11.7 Å². The number of ether oxygens (including phenoxy) is 1. The second kappa shape index (κ2) is 4.06. The topological polar surface area (TPSA) is 12.5 Å². The van der Waals surface area contributed by atoms with E-state index >= 15 is 0 Å². The fraction of sp³-hybridized carbons (Fsp3) is 0.846. The molecule has 1 spiro atoms. The van der Waals surface area contributed by atoms with E-state index in [1.54, 1.807) is 0 Å². The summed E-state index contributed by atoms with van der Waals surface area (Å²) in [6, 6.07) is 0. The number of hydrogen-bond donors (Lipinski definition) is 0. The monoisotopic (exact) mass is 194 g/mol. The second-order valence-corrected chi connectivity index (χ2v) is 5.22. The van der Waals surface area contributed by atoms with Crippen molar-refractivity contribution in [3.63, 3.8) is 0 Å². The predicted molar refractivity (Wildman–Crippen MR) is 59.3 cm³/mol. The maximum atomic E-state index is 5.84. The van der Waals surface area contributed by atoms with Crippen LogP contribution in [0.25, 0.3) is 0 Å². The Bertz CT molecular complexity index is 211. The number of rotatable bonds is 3. The Balaban J connectivity index is 1.77. The van der Waals surface area contributed by atoms with Gasteiger partial charge in [-0.25, -0.2) is 0 Å². The van der Waals surface area contributed by atoms with Gasteiger partial charge in [-0.05, 0) is 25.2 Å². The molecule has 0 radical (unpaired) electrons. The van der Waals surface area contributed by atoms with Gasteiger partial charge in [-0.15, -0.1) is 0 Å². The Morgan fingerprint density at radius 2 is 2.00 bits per heavy atom. The van der Waals surface area contributed by atoms with Gasteiger partial charge in [0.2, 0.25) is 0 Å². The predicted octanol–water partition coefficient (Wildman–Crippen LogP) is 3.69. The lowest BCUT2D eigenvalue weighted by Gasteiger charge is -2.17. The zero-order valence-electron chi connectivity index (χ0n) is 9.46. The fourth-order valence-electron chi connectivity index (χ4n) is 2.46. The minimum absolute atomic E-state index is 0.297. The van der Waals surface area contributed by atoms with Crippen LogP contribution in [0.4, 0.5) is 0 Å². The quantitative estimate of drug-likeness (QED) is 0.493. The molecule has 0 aromatic rings. The van der Waals surface area contributed by atoms with Crippen molar-refractivity contribution in [2.45, 2.75) is 64.1 Å². The van der Waals surface area contributed by atoms with Crippen molar-refractivity contribution in [2.24, 2.45) is 5.92 Å². The molecule has 2 aliphatic rings. The lowest BCUT2D eigenvalue weighted by molar-refractivity contribution is 0.235. The third kappa shape index (κ3) is 2.20. The van der Waals surface area contributed by atoms with Crippen LogP contribution in [0, 0.1) is 5.92 Å². The standard InChI is InChI=1S/C13H22O/c1-11(2)7-6-8-12-13(14-12)9-4-3-5-10-13/h6,8,11-12H,3-5,7,9-10H2,1-2H3/b8-6+. The largest absolute Gasteiger partial charge is 0.362 e. The molecule has 1 aliphatic heterocycles. The molecule has 14 heavy (non-hydrogen) atoms. The van der Waals surface area contributed by atoms with Crippen molar-refractivity contribution in [3.05, 3.63) is 12.2 Å². The first-order valence-corrected chi connectivity index (χ1v) is 6.07. The minimum atomic E-state index is 0.297. The zero-order chi connectivity index (χ0) is 10.0. The average Bonchev–Trinajstić information content (AvgIpc) is 2.79. The smallest absolute Gasteiger partial charge is 0.105 e. The van der Waals surface area contributed by atoms with Gasteiger partial charge in [0.25, 0.3) is 0 Å². The Labute approximate surface area is 87.5 Å². The van der Waals surface area contributed by atoms with Crippen LogP contribution in [-0.2, 0) is 4.74 Å². The highest BCUT2D eigenvalue weighted by molar-refractivity contribution is 5.14. The number of hydrogen-bond acceptors (Lipinski definition) is 1. The molecule has 0 N–H and O–H groups in total. The van der Waals surface area contributed by atoms with Crippen LogP contribution < -0.4 is 0 Å². The van der Waals surface area contributed by atoms with Crippen LogP contribution in [0.3, 0.4) is 0 Å². The summed E-state index contributed by atoms with van der Waals surface area (Å²) in [6.45, 7) is 4.52. The lowest BCUT2D eigenvalue weighted by atomic mass is 9.86. The maximum absolute atomic E-state index is 5.84. The molecule has 1 saturated heterocycles. The van der Waals surface area contributed by atoms with Crippen molar-refractivity contribution in [3.8, 4) is 0 Å². The molecule has 1 nitrogen and oxygen atoms in total. The highest BCUT2D eigenvalue weighted by atomic mass is 16.6. The zero-order valence-corrected chi connectivity index (χ0v) is 9.46. The third-order valence-corrected chi connectivity index (χ3v) is 3.44. The van der Waals surface area contributed by atoms with Gasteiger partial charge < -0.3 is 4.74 Å². The van der Waals surface area contributed by atoms with Gasteiger partial charge in [0.15, 0.2) is 0 Å². The van der Waals surface area contributed by atoms with E-state index in [4.69, 9.17) is 4.74 Å².